The van der Waals surface area contributed by atoms with Gasteiger partial charge in [0.15, 0.2) is 0 Å². The second-order valence-corrected chi connectivity index (χ2v) is 4.92. The Morgan fingerprint density at radius 3 is 2.46 bits per heavy atom. The fourth-order valence-corrected chi connectivity index (χ4v) is 2.06. The summed E-state index contributed by atoms with van der Waals surface area (Å²) in [6, 6.07) is 8.24. The number of halogens is 2. The Balaban J connectivity index is 1.89. The Kier molecular flexibility index (Phi) is 5.95. The molecule has 0 atom stereocenters. The molecule has 0 aliphatic carbocycles. The summed E-state index contributed by atoms with van der Waals surface area (Å²) < 4.78 is 36.6. The molecule has 0 aliphatic rings. The van der Waals surface area contributed by atoms with E-state index in [1.807, 2.05) is 0 Å². The van der Waals surface area contributed by atoms with Gasteiger partial charge < -0.3 is 20.1 Å². The Morgan fingerprint density at radius 1 is 1.04 bits per heavy atom. The van der Waals surface area contributed by atoms with Gasteiger partial charge in [-0.05, 0) is 24.3 Å². The molecular weight excluding hydrogens is 318 g/mol. The number of nitrogens with one attached hydrogen (secondary N) is 2. The molecule has 2 rings (SSSR count). The van der Waals surface area contributed by atoms with Crippen molar-refractivity contribution in [3.05, 3.63) is 48.0 Å². The molecule has 2 N–H and O–H groups in total. The Labute approximate surface area is 138 Å². The van der Waals surface area contributed by atoms with E-state index in [4.69, 9.17) is 9.47 Å². The fraction of sp³-hybridized carbons (Fsp3) is 0.235. The van der Waals surface area contributed by atoms with Crippen molar-refractivity contribution in [1.82, 2.24) is 0 Å². The van der Waals surface area contributed by atoms with Gasteiger partial charge in [0.1, 0.15) is 23.1 Å². The zero-order valence-corrected chi connectivity index (χ0v) is 13.4. The zero-order chi connectivity index (χ0) is 17.5. The third kappa shape index (κ3) is 4.58. The second kappa shape index (κ2) is 8.14. The molecule has 0 saturated heterocycles. The second-order valence-electron chi connectivity index (χ2n) is 4.92. The lowest BCUT2D eigenvalue weighted by molar-refractivity contribution is -0.116. The van der Waals surface area contributed by atoms with E-state index in [1.54, 1.807) is 18.2 Å². The SMILES string of the molecule is COc1ccc(NC(=O)CCNc2ccc(F)cc2F)c(OC)c1. The molecule has 0 unspecified atom stereocenters. The van der Waals surface area contributed by atoms with Crippen LogP contribution in [0.1, 0.15) is 6.42 Å². The molecule has 1 amide bonds. The fourth-order valence-electron chi connectivity index (χ4n) is 2.06. The molecule has 0 bridgehead atoms. The highest BCUT2D eigenvalue weighted by Crippen LogP contribution is 2.29. The average molecular weight is 336 g/mol. The van der Waals surface area contributed by atoms with Crippen LogP contribution < -0.4 is 20.1 Å². The third-order valence-electron chi connectivity index (χ3n) is 3.28. The Morgan fingerprint density at radius 2 is 1.79 bits per heavy atom. The first-order valence-electron chi connectivity index (χ1n) is 7.24. The molecule has 0 heterocycles. The summed E-state index contributed by atoms with van der Waals surface area (Å²) in [5, 5.41) is 5.46. The van der Waals surface area contributed by atoms with Crippen LogP contribution in [0.2, 0.25) is 0 Å². The first-order valence-corrected chi connectivity index (χ1v) is 7.24. The molecule has 2 aromatic carbocycles. The van der Waals surface area contributed by atoms with Crippen molar-refractivity contribution in [2.24, 2.45) is 0 Å². The quantitative estimate of drug-likeness (QED) is 0.813. The number of benzene rings is 2. The van der Waals surface area contributed by atoms with E-state index >= 15 is 0 Å². The smallest absolute Gasteiger partial charge is 0.226 e. The van der Waals surface area contributed by atoms with Crippen molar-refractivity contribution < 1.29 is 23.0 Å². The minimum absolute atomic E-state index is 0.103. The van der Waals surface area contributed by atoms with Crippen molar-refractivity contribution >= 4 is 17.3 Å². The molecule has 0 saturated carbocycles. The maximum atomic E-state index is 13.5. The van der Waals surface area contributed by atoms with Crippen molar-refractivity contribution in [1.29, 1.82) is 0 Å². The maximum Gasteiger partial charge on any atom is 0.226 e. The van der Waals surface area contributed by atoms with E-state index in [0.29, 0.717) is 17.2 Å². The number of hydrogen-bond acceptors (Lipinski definition) is 4. The van der Waals surface area contributed by atoms with Gasteiger partial charge in [0.05, 0.1) is 25.6 Å². The largest absolute Gasteiger partial charge is 0.497 e. The highest BCUT2D eigenvalue weighted by molar-refractivity contribution is 5.92. The molecule has 2 aromatic rings. The number of hydrogen-bond donors (Lipinski definition) is 2. The van der Waals surface area contributed by atoms with Gasteiger partial charge in [-0.15, -0.1) is 0 Å². The molecule has 0 aromatic heterocycles. The van der Waals surface area contributed by atoms with Crippen LogP contribution in [0.3, 0.4) is 0 Å². The number of amides is 1. The minimum Gasteiger partial charge on any atom is -0.497 e. The standard InChI is InChI=1S/C17H18F2N2O3/c1-23-12-4-6-15(16(10-12)24-2)21-17(22)7-8-20-14-5-3-11(18)9-13(14)19/h3-6,9-10,20H,7-8H2,1-2H3,(H,21,22). The zero-order valence-electron chi connectivity index (χ0n) is 13.4. The van der Waals surface area contributed by atoms with Gasteiger partial charge >= 0.3 is 0 Å². The van der Waals surface area contributed by atoms with Gasteiger partial charge in [-0.3, -0.25) is 4.79 Å². The average Bonchev–Trinajstić information content (AvgIpc) is 2.57. The number of methoxy groups -OCH3 is 2. The summed E-state index contributed by atoms with van der Waals surface area (Å²) >= 11 is 0. The Bertz CT molecular complexity index is 723. The Hall–Kier alpha value is -2.83. The maximum absolute atomic E-state index is 13.5. The molecule has 0 aliphatic heterocycles. The van der Waals surface area contributed by atoms with Crippen molar-refractivity contribution in [3.8, 4) is 11.5 Å². The lowest BCUT2D eigenvalue weighted by Gasteiger charge is -2.12. The topological polar surface area (TPSA) is 59.6 Å². The first kappa shape index (κ1) is 17.5. The van der Waals surface area contributed by atoms with Gasteiger partial charge in [-0.1, -0.05) is 0 Å². The first-order chi connectivity index (χ1) is 11.5. The van der Waals surface area contributed by atoms with Crippen LogP contribution in [0.5, 0.6) is 11.5 Å². The molecule has 5 nitrogen and oxygen atoms in total. The van der Waals surface area contributed by atoms with Gasteiger partial charge in [0, 0.05) is 25.1 Å². The predicted octanol–water partition coefficient (Wildman–Crippen LogP) is 3.42. The van der Waals surface area contributed by atoms with E-state index in [0.717, 1.165) is 12.1 Å². The van der Waals surface area contributed by atoms with Gasteiger partial charge in [0.2, 0.25) is 5.91 Å². The van der Waals surface area contributed by atoms with Crippen molar-refractivity contribution in [2.45, 2.75) is 6.42 Å². The number of rotatable bonds is 7. The molecule has 0 fully saturated rings. The summed E-state index contributed by atoms with van der Waals surface area (Å²) in [6.07, 6.45) is 0.103. The van der Waals surface area contributed by atoms with Crippen LogP contribution in [0.25, 0.3) is 0 Å². The van der Waals surface area contributed by atoms with Crippen LogP contribution in [0.4, 0.5) is 20.2 Å². The predicted molar refractivity (Wildman–Crippen MR) is 87.6 cm³/mol. The van der Waals surface area contributed by atoms with E-state index in [9.17, 15) is 13.6 Å². The van der Waals surface area contributed by atoms with E-state index in [-0.39, 0.29) is 24.6 Å². The van der Waals surface area contributed by atoms with Gasteiger partial charge in [0.25, 0.3) is 0 Å². The number of carbonyl (C=O) groups is 1. The van der Waals surface area contributed by atoms with E-state index in [2.05, 4.69) is 10.6 Å². The summed E-state index contributed by atoms with van der Waals surface area (Å²) in [5.41, 5.74) is 0.655. The lowest BCUT2D eigenvalue weighted by Crippen LogP contribution is -2.17. The van der Waals surface area contributed by atoms with Gasteiger partial charge in [-0.2, -0.15) is 0 Å². The number of carbonyl (C=O) groups excluding carboxylic acids is 1. The van der Waals surface area contributed by atoms with Crippen molar-refractivity contribution in [3.63, 3.8) is 0 Å². The highest BCUT2D eigenvalue weighted by atomic mass is 19.1. The van der Waals surface area contributed by atoms with Crippen LogP contribution in [-0.2, 0) is 4.79 Å². The van der Waals surface area contributed by atoms with Crippen molar-refractivity contribution in [2.75, 3.05) is 31.4 Å². The third-order valence-corrected chi connectivity index (χ3v) is 3.28. The normalized spacial score (nSPS) is 10.2. The molecule has 0 spiro atoms. The van der Waals surface area contributed by atoms with Crippen LogP contribution in [0, 0.1) is 11.6 Å². The number of ether oxygens (including phenoxy) is 2. The van der Waals surface area contributed by atoms with Crippen LogP contribution >= 0.6 is 0 Å². The lowest BCUT2D eigenvalue weighted by atomic mass is 10.2. The van der Waals surface area contributed by atoms with Crippen LogP contribution in [-0.4, -0.2) is 26.7 Å². The highest BCUT2D eigenvalue weighted by Gasteiger charge is 2.09. The van der Waals surface area contributed by atoms with E-state index < -0.39 is 11.6 Å². The molecular formula is C17H18F2N2O3. The molecule has 24 heavy (non-hydrogen) atoms. The van der Waals surface area contributed by atoms with Gasteiger partial charge in [-0.25, -0.2) is 8.78 Å². The van der Waals surface area contributed by atoms with Crippen LogP contribution in [0.15, 0.2) is 36.4 Å². The summed E-state index contributed by atoms with van der Waals surface area (Å²) in [6.45, 7) is 0.201. The summed E-state index contributed by atoms with van der Waals surface area (Å²) in [4.78, 5) is 12.0. The van der Waals surface area contributed by atoms with E-state index in [1.165, 1.54) is 20.3 Å². The minimum atomic E-state index is -0.702. The molecule has 0 radical (unpaired) electrons. The number of anilines is 2. The molecule has 128 valence electrons. The molecule has 7 heteroatoms. The monoisotopic (exact) mass is 336 g/mol. The summed E-state index contributed by atoms with van der Waals surface area (Å²) in [5.74, 6) is -0.540. The summed E-state index contributed by atoms with van der Waals surface area (Å²) in [7, 11) is 3.02.